The van der Waals surface area contributed by atoms with Crippen molar-refractivity contribution in [2.24, 2.45) is 11.5 Å². The number of nitrogens with two attached hydrogens (primary N) is 2. The van der Waals surface area contributed by atoms with Crippen LogP contribution in [0.25, 0.3) is 0 Å². The number of carboxylic acid groups (broad SMARTS) is 1. The number of carboxylic acids is 1. The number of hydrogen-bond donors (Lipinski definition) is 6. The topological polar surface area (TPSA) is 148 Å². The number of carbonyl (C=O) groups is 3. The summed E-state index contributed by atoms with van der Waals surface area (Å²) in [5.41, 5.74) is 12.3. The van der Waals surface area contributed by atoms with E-state index < -0.39 is 35.9 Å². The van der Waals surface area contributed by atoms with Gasteiger partial charge in [-0.1, -0.05) is 30.3 Å². The average Bonchev–Trinajstić information content (AvgIpc) is 2.65. The molecule has 0 bridgehead atoms. The molecule has 8 nitrogen and oxygen atoms in total. The summed E-state index contributed by atoms with van der Waals surface area (Å²) < 4.78 is 0. The van der Waals surface area contributed by atoms with Crippen molar-refractivity contribution >= 4 is 30.4 Å². The van der Waals surface area contributed by atoms with E-state index >= 15 is 0 Å². The van der Waals surface area contributed by atoms with Gasteiger partial charge in [0.15, 0.2) is 0 Å². The smallest absolute Gasteiger partial charge is 0.327 e. The fourth-order valence-electron chi connectivity index (χ4n) is 2.46. The molecule has 0 fully saturated rings. The molecule has 1 aromatic carbocycles. The van der Waals surface area contributed by atoms with E-state index in [1.807, 2.05) is 30.3 Å². The molecular weight excluding hydrogens is 368 g/mol. The van der Waals surface area contributed by atoms with Crippen LogP contribution >= 0.6 is 12.6 Å². The van der Waals surface area contributed by atoms with Crippen LogP contribution in [0.2, 0.25) is 0 Å². The largest absolute Gasteiger partial charge is 0.480 e. The molecule has 0 unspecified atom stereocenters. The lowest BCUT2D eigenvalue weighted by molar-refractivity contribution is -0.141. The lowest BCUT2D eigenvalue weighted by atomic mass is 10.0. The number of unbranched alkanes of at least 4 members (excludes halogenated alkanes) is 1. The zero-order valence-electron chi connectivity index (χ0n) is 15.1. The van der Waals surface area contributed by atoms with Gasteiger partial charge in [0.2, 0.25) is 11.8 Å². The molecular formula is C18H28N4O4S. The summed E-state index contributed by atoms with van der Waals surface area (Å²) >= 11 is 3.92. The zero-order chi connectivity index (χ0) is 20.2. The molecule has 0 heterocycles. The van der Waals surface area contributed by atoms with Crippen LogP contribution in [0.4, 0.5) is 0 Å². The highest BCUT2D eigenvalue weighted by molar-refractivity contribution is 7.80. The molecule has 3 atom stereocenters. The Balaban J connectivity index is 2.72. The Morgan fingerprint density at radius 2 is 1.67 bits per heavy atom. The summed E-state index contributed by atoms with van der Waals surface area (Å²) in [6, 6.07) is 6.47. The molecule has 1 aromatic rings. The SMILES string of the molecule is NCCCC[C@H](NC(=O)[C@@H](N)Cc1ccccc1)C(=O)N[C@@H](CS)C(=O)O. The number of benzene rings is 1. The summed E-state index contributed by atoms with van der Waals surface area (Å²) in [6.07, 6.45) is 1.97. The zero-order valence-corrected chi connectivity index (χ0v) is 16.0. The second kappa shape index (κ2) is 12.3. The van der Waals surface area contributed by atoms with Crippen molar-refractivity contribution in [2.75, 3.05) is 12.3 Å². The van der Waals surface area contributed by atoms with Crippen molar-refractivity contribution in [1.29, 1.82) is 0 Å². The van der Waals surface area contributed by atoms with Gasteiger partial charge in [0, 0.05) is 5.75 Å². The highest BCUT2D eigenvalue weighted by Gasteiger charge is 2.27. The first-order chi connectivity index (χ1) is 12.9. The summed E-state index contributed by atoms with van der Waals surface area (Å²) in [4.78, 5) is 35.9. The Labute approximate surface area is 164 Å². The van der Waals surface area contributed by atoms with Crippen LogP contribution in [0.5, 0.6) is 0 Å². The number of aliphatic carboxylic acids is 1. The Hall–Kier alpha value is -2.10. The predicted molar refractivity (Wildman–Crippen MR) is 106 cm³/mol. The van der Waals surface area contributed by atoms with Gasteiger partial charge in [-0.2, -0.15) is 12.6 Å². The molecule has 0 radical (unpaired) electrons. The van der Waals surface area contributed by atoms with Crippen LogP contribution < -0.4 is 22.1 Å². The maximum absolute atomic E-state index is 12.4. The molecule has 0 saturated carbocycles. The van der Waals surface area contributed by atoms with Crippen molar-refractivity contribution < 1.29 is 19.5 Å². The number of nitrogens with one attached hydrogen (secondary N) is 2. The molecule has 0 aliphatic carbocycles. The summed E-state index contributed by atoms with van der Waals surface area (Å²) in [5, 5.41) is 14.1. The van der Waals surface area contributed by atoms with Gasteiger partial charge in [-0.25, -0.2) is 4.79 Å². The molecule has 1 rings (SSSR count). The molecule has 0 aliphatic heterocycles. The Bertz CT molecular complexity index is 615. The number of rotatable bonds is 12. The molecule has 27 heavy (non-hydrogen) atoms. The Morgan fingerprint density at radius 3 is 2.22 bits per heavy atom. The fourth-order valence-corrected chi connectivity index (χ4v) is 2.71. The van der Waals surface area contributed by atoms with E-state index in [-0.39, 0.29) is 5.75 Å². The number of thiol groups is 1. The maximum atomic E-state index is 12.4. The van der Waals surface area contributed by atoms with Gasteiger partial charge < -0.3 is 27.2 Å². The van der Waals surface area contributed by atoms with Crippen LogP contribution in [0, 0.1) is 0 Å². The minimum Gasteiger partial charge on any atom is -0.480 e. The first kappa shape index (κ1) is 22.9. The lowest BCUT2D eigenvalue weighted by Crippen LogP contribution is -2.55. The van der Waals surface area contributed by atoms with Crippen molar-refractivity contribution in [2.45, 2.75) is 43.8 Å². The van der Waals surface area contributed by atoms with Gasteiger partial charge in [-0.15, -0.1) is 0 Å². The van der Waals surface area contributed by atoms with E-state index in [0.29, 0.717) is 32.2 Å². The van der Waals surface area contributed by atoms with Crippen molar-refractivity contribution in [3.63, 3.8) is 0 Å². The monoisotopic (exact) mass is 396 g/mol. The Morgan fingerprint density at radius 1 is 1.04 bits per heavy atom. The third-order valence-corrected chi connectivity index (χ3v) is 4.38. The standard InChI is InChI=1S/C18H28N4O4S/c19-9-5-4-8-14(17(24)22-15(11-27)18(25)26)21-16(23)13(20)10-12-6-2-1-3-7-12/h1-3,6-7,13-15,27H,4-5,8-11,19-20H2,(H,21,23)(H,22,24)(H,25,26)/t13-,14-,15-/m0/s1. The summed E-state index contributed by atoms with van der Waals surface area (Å²) in [7, 11) is 0. The van der Waals surface area contributed by atoms with Crippen molar-refractivity contribution in [3.8, 4) is 0 Å². The quantitative estimate of drug-likeness (QED) is 0.211. The van der Waals surface area contributed by atoms with Gasteiger partial charge >= 0.3 is 5.97 Å². The third-order valence-electron chi connectivity index (χ3n) is 4.01. The van der Waals surface area contributed by atoms with Crippen LogP contribution in [0.1, 0.15) is 24.8 Å². The normalized spacial score (nSPS) is 14.0. The van der Waals surface area contributed by atoms with E-state index in [2.05, 4.69) is 23.3 Å². The second-order valence-electron chi connectivity index (χ2n) is 6.22. The Kier molecular flexibility index (Phi) is 10.5. The molecule has 9 heteroatoms. The van der Waals surface area contributed by atoms with Gasteiger partial charge in [0.25, 0.3) is 0 Å². The molecule has 0 aliphatic rings. The van der Waals surface area contributed by atoms with Gasteiger partial charge in [-0.3, -0.25) is 9.59 Å². The number of carbonyl (C=O) groups excluding carboxylic acids is 2. The highest BCUT2D eigenvalue weighted by Crippen LogP contribution is 2.05. The number of hydrogen-bond acceptors (Lipinski definition) is 6. The van der Waals surface area contributed by atoms with E-state index in [1.165, 1.54) is 0 Å². The molecule has 7 N–H and O–H groups in total. The summed E-state index contributed by atoms with van der Waals surface area (Å²) in [6.45, 7) is 0.462. The van der Waals surface area contributed by atoms with Crippen LogP contribution in [0.3, 0.4) is 0 Å². The minimum atomic E-state index is -1.19. The van der Waals surface area contributed by atoms with Crippen molar-refractivity contribution in [3.05, 3.63) is 35.9 Å². The van der Waals surface area contributed by atoms with E-state index in [1.54, 1.807) is 0 Å². The first-order valence-corrected chi connectivity index (χ1v) is 9.46. The van der Waals surface area contributed by atoms with Crippen LogP contribution in [-0.2, 0) is 20.8 Å². The number of amides is 2. The van der Waals surface area contributed by atoms with Crippen LogP contribution in [-0.4, -0.2) is 53.3 Å². The predicted octanol–water partition coefficient (Wildman–Crippen LogP) is -0.331. The minimum absolute atomic E-state index is 0.0575. The third kappa shape index (κ3) is 8.42. The van der Waals surface area contributed by atoms with Crippen LogP contribution in [0.15, 0.2) is 30.3 Å². The fraction of sp³-hybridized carbons (Fsp3) is 0.500. The highest BCUT2D eigenvalue weighted by atomic mass is 32.1. The average molecular weight is 397 g/mol. The molecule has 150 valence electrons. The van der Waals surface area contributed by atoms with Gasteiger partial charge in [0.05, 0.1) is 6.04 Å². The first-order valence-electron chi connectivity index (χ1n) is 8.83. The van der Waals surface area contributed by atoms with Gasteiger partial charge in [-0.05, 0) is 37.8 Å². The second-order valence-corrected chi connectivity index (χ2v) is 6.59. The molecule has 0 aromatic heterocycles. The van der Waals surface area contributed by atoms with E-state index in [0.717, 1.165) is 5.56 Å². The van der Waals surface area contributed by atoms with Crippen molar-refractivity contribution in [1.82, 2.24) is 10.6 Å². The van der Waals surface area contributed by atoms with E-state index in [4.69, 9.17) is 16.6 Å². The lowest BCUT2D eigenvalue weighted by Gasteiger charge is -2.22. The van der Waals surface area contributed by atoms with Gasteiger partial charge in [0.1, 0.15) is 12.1 Å². The molecule has 0 saturated heterocycles. The summed E-state index contributed by atoms with van der Waals surface area (Å²) in [5.74, 6) is -2.29. The maximum Gasteiger partial charge on any atom is 0.327 e. The molecule has 2 amide bonds. The molecule has 0 spiro atoms. The van der Waals surface area contributed by atoms with E-state index in [9.17, 15) is 14.4 Å².